The topological polar surface area (TPSA) is 47.8 Å². The second-order valence-electron chi connectivity index (χ2n) is 8.35. The molecule has 1 aliphatic rings. The summed E-state index contributed by atoms with van der Waals surface area (Å²) in [6.45, 7) is 4.41. The number of carbonyl (C=O) groups excluding carboxylic acids is 1. The zero-order valence-electron chi connectivity index (χ0n) is 16.8. The van der Waals surface area contributed by atoms with Crippen molar-refractivity contribution in [3.05, 3.63) is 102 Å². The van der Waals surface area contributed by atoms with E-state index in [1.165, 1.54) is 11.1 Å². The Bertz CT molecular complexity index is 1480. The van der Waals surface area contributed by atoms with Crippen LogP contribution in [0.15, 0.2) is 79.3 Å². The number of ketones is 1. The smallest absolute Gasteiger partial charge is 0.193 e. The summed E-state index contributed by atoms with van der Waals surface area (Å²) < 4.78 is 2.25. The van der Waals surface area contributed by atoms with Crippen LogP contribution < -0.4 is 0 Å². The standard InChI is InChI=1S/C26H19N3O/c1-26(2)20-10-6-9-18-19-13-17(24(30)16-7-4-3-5-8-16)11-12-21(19)29(23(18)20)22-14-27-15-28-25(22)26/h3-15H,1-2H3. The van der Waals surface area contributed by atoms with E-state index in [1.54, 1.807) is 6.33 Å². The van der Waals surface area contributed by atoms with Crippen LogP contribution in [-0.2, 0) is 5.41 Å². The lowest BCUT2D eigenvalue weighted by Gasteiger charge is -2.32. The number of rotatable bonds is 2. The molecule has 3 aromatic carbocycles. The van der Waals surface area contributed by atoms with Gasteiger partial charge in [0.2, 0.25) is 0 Å². The maximum atomic E-state index is 13.1. The van der Waals surface area contributed by atoms with E-state index in [2.05, 4.69) is 46.6 Å². The molecule has 4 heteroatoms. The van der Waals surface area contributed by atoms with E-state index in [0.29, 0.717) is 11.1 Å². The van der Waals surface area contributed by atoms with Crippen LogP contribution in [0, 0.1) is 0 Å². The summed E-state index contributed by atoms with van der Waals surface area (Å²) >= 11 is 0. The number of para-hydroxylation sites is 1. The zero-order chi connectivity index (χ0) is 20.5. The van der Waals surface area contributed by atoms with E-state index < -0.39 is 0 Å². The van der Waals surface area contributed by atoms with Gasteiger partial charge in [0.15, 0.2) is 5.78 Å². The Hall–Kier alpha value is -3.79. The van der Waals surface area contributed by atoms with Gasteiger partial charge < -0.3 is 4.57 Å². The third kappa shape index (κ3) is 2.13. The Morgan fingerprint density at radius 1 is 0.900 bits per heavy atom. The van der Waals surface area contributed by atoms with Gasteiger partial charge in [-0.15, -0.1) is 0 Å². The van der Waals surface area contributed by atoms with E-state index in [9.17, 15) is 4.79 Å². The van der Waals surface area contributed by atoms with Gasteiger partial charge >= 0.3 is 0 Å². The number of hydrogen-bond donors (Lipinski definition) is 0. The molecule has 0 unspecified atom stereocenters. The van der Waals surface area contributed by atoms with Gasteiger partial charge in [0, 0.05) is 27.3 Å². The summed E-state index contributed by atoms with van der Waals surface area (Å²) in [7, 11) is 0. The number of hydrogen-bond acceptors (Lipinski definition) is 3. The van der Waals surface area contributed by atoms with Crippen molar-refractivity contribution in [2.24, 2.45) is 0 Å². The molecule has 0 N–H and O–H groups in total. The monoisotopic (exact) mass is 389 g/mol. The summed E-state index contributed by atoms with van der Waals surface area (Å²) in [5.41, 5.74) is 6.65. The molecule has 0 radical (unpaired) electrons. The first-order valence-corrected chi connectivity index (χ1v) is 10.1. The van der Waals surface area contributed by atoms with Gasteiger partial charge in [-0.1, -0.05) is 48.5 Å². The SMILES string of the molecule is CC1(C)c2ncncc2-n2c3ccc(C(=O)c4ccccc4)cc3c3cccc1c32. The molecule has 0 atom stereocenters. The van der Waals surface area contributed by atoms with Crippen molar-refractivity contribution in [1.82, 2.24) is 14.5 Å². The zero-order valence-corrected chi connectivity index (χ0v) is 16.8. The van der Waals surface area contributed by atoms with E-state index in [1.807, 2.05) is 54.7 Å². The summed E-state index contributed by atoms with van der Waals surface area (Å²) in [6.07, 6.45) is 3.51. The van der Waals surface area contributed by atoms with E-state index in [4.69, 9.17) is 0 Å². The quantitative estimate of drug-likeness (QED) is 0.378. The molecule has 0 aliphatic carbocycles. The Morgan fingerprint density at radius 2 is 1.73 bits per heavy atom. The van der Waals surface area contributed by atoms with Gasteiger partial charge in [0.25, 0.3) is 0 Å². The molecule has 0 bridgehead atoms. The van der Waals surface area contributed by atoms with Crippen LogP contribution in [0.5, 0.6) is 0 Å². The number of benzene rings is 3. The molecule has 0 saturated heterocycles. The Kier molecular flexibility index (Phi) is 3.34. The molecule has 2 aromatic heterocycles. The van der Waals surface area contributed by atoms with Crippen LogP contribution in [0.4, 0.5) is 0 Å². The molecule has 0 amide bonds. The van der Waals surface area contributed by atoms with E-state index >= 15 is 0 Å². The highest BCUT2D eigenvalue weighted by molar-refractivity contribution is 6.16. The van der Waals surface area contributed by atoms with Crippen molar-refractivity contribution in [1.29, 1.82) is 0 Å². The van der Waals surface area contributed by atoms with Crippen molar-refractivity contribution in [2.45, 2.75) is 19.3 Å². The first-order valence-electron chi connectivity index (χ1n) is 10.1. The average Bonchev–Trinajstić information content (AvgIpc) is 3.12. The first kappa shape index (κ1) is 17.1. The molecule has 3 heterocycles. The minimum absolute atomic E-state index is 0.0356. The second-order valence-corrected chi connectivity index (χ2v) is 8.35. The maximum absolute atomic E-state index is 13.1. The minimum Gasteiger partial charge on any atom is -0.306 e. The van der Waals surface area contributed by atoms with Crippen LogP contribution in [0.1, 0.15) is 41.0 Å². The third-order valence-corrected chi connectivity index (χ3v) is 6.28. The van der Waals surface area contributed by atoms with Gasteiger partial charge in [0.05, 0.1) is 28.6 Å². The lowest BCUT2D eigenvalue weighted by molar-refractivity contribution is 0.103. The molecule has 6 rings (SSSR count). The average molecular weight is 389 g/mol. The third-order valence-electron chi connectivity index (χ3n) is 6.28. The highest BCUT2D eigenvalue weighted by Crippen LogP contribution is 2.46. The van der Waals surface area contributed by atoms with Gasteiger partial charge in [-0.2, -0.15) is 0 Å². The Balaban J connectivity index is 1.70. The summed E-state index contributed by atoms with van der Waals surface area (Å²) in [5, 5.41) is 2.22. The molecule has 5 aromatic rings. The molecule has 1 aliphatic heterocycles. The fraction of sp³-hybridized carbons (Fsp3) is 0.115. The van der Waals surface area contributed by atoms with Crippen molar-refractivity contribution < 1.29 is 4.79 Å². The number of carbonyl (C=O) groups is 1. The van der Waals surface area contributed by atoms with E-state index in [-0.39, 0.29) is 11.2 Å². The fourth-order valence-electron chi connectivity index (χ4n) is 4.82. The summed E-state index contributed by atoms with van der Waals surface area (Å²) in [4.78, 5) is 22.0. The lowest BCUT2D eigenvalue weighted by atomic mass is 9.78. The molecule has 0 spiro atoms. The number of aromatic nitrogens is 3. The van der Waals surface area contributed by atoms with Gasteiger partial charge in [-0.05, 0) is 37.6 Å². The van der Waals surface area contributed by atoms with Crippen LogP contribution in [0.25, 0.3) is 27.5 Å². The molecule has 0 saturated carbocycles. The van der Waals surface area contributed by atoms with Crippen molar-refractivity contribution in [2.75, 3.05) is 0 Å². The van der Waals surface area contributed by atoms with Crippen LogP contribution in [0.2, 0.25) is 0 Å². The predicted octanol–water partition coefficient (Wildman–Crippen LogP) is 5.44. The van der Waals surface area contributed by atoms with Gasteiger partial charge in [-0.25, -0.2) is 9.97 Å². The summed E-state index contributed by atoms with van der Waals surface area (Å²) in [5.74, 6) is 0.0356. The van der Waals surface area contributed by atoms with Crippen molar-refractivity contribution >= 4 is 27.6 Å². The minimum atomic E-state index is -0.231. The molecule has 30 heavy (non-hydrogen) atoms. The Labute approximate surface area is 173 Å². The second kappa shape index (κ2) is 5.86. The van der Waals surface area contributed by atoms with Crippen molar-refractivity contribution in [3.63, 3.8) is 0 Å². The normalized spacial score (nSPS) is 14.1. The van der Waals surface area contributed by atoms with Crippen molar-refractivity contribution in [3.8, 4) is 5.69 Å². The number of fused-ring (bicyclic) bond motifs is 5. The molecule has 4 nitrogen and oxygen atoms in total. The fourth-order valence-corrected chi connectivity index (χ4v) is 4.82. The maximum Gasteiger partial charge on any atom is 0.193 e. The first-order chi connectivity index (χ1) is 14.6. The van der Waals surface area contributed by atoms with Crippen LogP contribution in [0.3, 0.4) is 0 Å². The van der Waals surface area contributed by atoms with Gasteiger partial charge in [-0.3, -0.25) is 4.79 Å². The number of nitrogens with zero attached hydrogens (tertiary/aromatic N) is 3. The molecular formula is C26H19N3O. The highest BCUT2D eigenvalue weighted by atomic mass is 16.1. The molecule has 144 valence electrons. The van der Waals surface area contributed by atoms with Crippen LogP contribution >= 0.6 is 0 Å². The molecule has 0 fully saturated rings. The largest absolute Gasteiger partial charge is 0.306 e. The lowest BCUT2D eigenvalue weighted by Crippen LogP contribution is -2.27. The predicted molar refractivity (Wildman–Crippen MR) is 118 cm³/mol. The van der Waals surface area contributed by atoms with Crippen LogP contribution in [-0.4, -0.2) is 20.3 Å². The van der Waals surface area contributed by atoms with Gasteiger partial charge in [0.1, 0.15) is 6.33 Å². The van der Waals surface area contributed by atoms with E-state index in [0.717, 1.165) is 27.7 Å². The summed E-state index contributed by atoms with van der Waals surface area (Å²) in [6, 6.07) is 21.8. The molecular weight excluding hydrogens is 370 g/mol. The highest BCUT2D eigenvalue weighted by Gasteiger charge is 2.36. The Morgan fingerprint density at radius 3 is 2.57 bits per heavy atom.